The minimum atomic E-state index is -1.57. The molecule has 0 radical (unpaired) electrons. The lowest BCUT2D eigenvalue weighted by molar-refractivity contribution is 0.903. The van der Waals surface area contributed by atoms with Gasteiger partial charge in [0.05, 0.1) is 17.6 Å². The van der Waals surface area contributed by atoms with E-state index < -0.39 is 3.79 Å². The third kappa shape index (κ3) is 2.05. The topological polar surface area (TPSA) is 51.8 Å². The van der Waals surface area contributed by atoms with Crippen molar-refractivity contribution in [2.75, 3.05) is 5.73 Å². The highest BCUT2D eigenvalue weighted by Gasteiger charge is 2.32. The zero-order valence-electron chi connectivity index (χ0n) is 7.17. The smallest absolute Gasteiger partial charge is 0.250 e. The van der Waals surface area contributed by atoms with E-state index in [2.05, 4.69) is 9.97 Å². The maximum atomic E-state index is 5.72. The van der Waals surface area contributed by atoms with Gasteiger partial charge in [0.2, 0.25) is 3.79 Å². The molecule has 1 fully saturated rings. The number of rotatable bonds is 1. The highest BCUT2D eigenvalue weighted by Crippen LogP contribution is 2.43. The van der Waals surface area contributed by atoms with Gasteiger partial charge in [-0.05, 0) is 12.8 Å². The Balaban J connectivity index is 2.40. The van der Waals surface area contributed by atoms with E-state index in [0.29, 0.717) is 11.6 Å². The van der Waals surface area contributed by atoms with Crippen LogP contribution in [0.1, 0.15) is 30.3 Å². The Bertz CT molecular complexity index is 357. The number of alkyl halides is 3. The van der Waals surface area contributed by atoms with Gasteiger partial charge in [-0.2, -0.15) is 0 Å². The Morgan fingerprint density at radius 1 is 1.36 bits per heavy atom. The molecule has 0 unspecified atom stereocenters. The first kappa shape index (κ1) is 10.3. The number of anilines is 1. The normalized spacial score (nSPS) is 17.1. The molecule has 0 amide bonds. The van der Waals surface area contributed by atoms with Crippen LogP contribution in [0.25, 0.3) is 0 Å². The van der Waals surface area contributed by atoms with Gasteiger partial charge in [0.15, 0.2) is 5.82 Å². The second-order valence-electron chi connectivity index (χ2n) is 3.31. The summed E-state index contributed by atoms with van der Waals surface area (Å²) in [5.74, 6) is 0.614. The lowest BCUT2D eigenvalue weighted by Crippen LogP contribution is -2.10. The molecular weight excluding hydrogens is 244 g/mol. The molecule has 1 heterocycles. The zero-order chi connectivity index (χ0) is 10.3. The summed E-state index contributed by atoms with van der Waals surface area (Å²) in [4.78, 5) is 8.06. The monoisotopic (exact) mass is 251 g/mol. The van der Waals surface area contributed by atoms with Crippen molar-refractivity contribution in [1.82, 2.24) is 9.97 Å². The van der Waals surface area contributed by atoms with Gasteiger partial charge in [0, 0.05) is 5.92 Å². The lowest BCUT2D eigenvalue weighted by Gasteiger charge is -2.11. The molecule has 6 heteroatoms. The van der Waals surface area contributed by atoms with Crippen molar-refractivity contribution >= 4 is 40.5 Å². The van der Waals surface area contributed by atoms with Crippen molar-refractivity contribution in [2.24, 2.45) is 0 Å². The summed E-state index contributed by atoms with van der Waals surface area (Å²) >= 11 is 17.0. The van der Waals surface area contributed by atoms with Crippen LogP contribution < -0.4 is 5.73 Å². The molecule has 3 nitrogen and oxygen atoms in total. The number of aromatic nitrogens is 2. The molecule has 1 aliphatic carbocycles. The number of halogens is 3. The van der Waals surface area contributed by atoms with E-state index in [1.165, 1.54) is 6.20 Å². The van der Waals surface area contributed by atoms with Gasteiger partial charge in [-0.3, -0.25) is 0 Å². The molecule has 1 aromatic heterocycles. The van der Waals surface area contributed by atoms with Gasteiger partial charge in [-0.1, -0.05) is 34.8 Å². The van der Waals surface area contributed by atoms with Crippen LogP contribution in [0.3, 0.4) is 0 Å². The van der Waals surface area contributed by atoms with Crippen molar-refractivity contribution in [3.63, 3.8) is 0 Å². The highest BCUT2D eigenvalue weighted by atomic mass is 35.6. The van der Waals surface area contributed by atoms with Crippen LogP contribution in [0.2, 0.25) is 0 Å². The molecule has 2 rings (SSSR count). The molecule has 2 N–H and O–H groups in total. The fraction of sp³-hybridized carbons (Fsp3) is 0.500. The Hall–Kier alpha value is -0.250. The SMILES string of the molecule is Nc1cnc(C(Cl)(Cl)Cl)nc1C1CC1. The Kier molecular flexibility index (Phi) is 2.50. The number of nitrogen functional groups attached to an aromatic ring is 1. The first-order valence-electron chi connectivity index (χ1n) is 4.18. The van der Waals surface area contributed by atoms with Crippen molar-refractivity contribution in [2.45, 2.75) is 22.6 Å². The summed E-state index contributed by atoms with van der Waals surface area (Å²) in [6.45, 7) is 0. The summed E-state index contributed by atoms with van der Waals surface area (Å²) in [7, 11) is 0. The maximum Gasteiger partial charge on any atom is 0.250 e. The number of hydrogen-bond donors (Lipinski definition) is 1. The third-order valence-corrected chi connectivity index (χ3v) is 2.57. The zero-order valence-corrected chi connectivity index (χ0v) is 9.44. The summed E-state index contributed by atoms with van der Waals surface area (Å²) in [6, 6.07) is 0. The third-order valence-electron chi connectivity index (χ3n) is 2.07. The summed E-state index contributed by atoms with van der Waals surface area (Å²) in [5.41, 5.74) is 7.10. The molecule has 76 valence electrons. The molecule has 0 aliphatic heterocycles. The molecule has 1 aromatic rings. The molecule has 0 atom stereocenters. The molecular formula is C8H8Cl3N3. The molecule has 14 heavy (non-hydrogen) atoms. The van der Waals surface area contributed by atoms with E-state index in [1.54, 1.807) is 0 Å². The van der Waals surface area contributed by atoms with Gasteiger partial charge < -0.3 is 5.73 Å². The van der Waals surface area contributed by atoms with Crippen LogP contribution in [0.5, 0.6) is 0 Å². The van der Waals surface area contributed by atoms with E-state index in [-0.39, 0.29) is 5.82 Å². The second kappa shape index (κ2) is 3.40. The van der Waals surface area contributed by atoms with E-state index in [1.807, 2.05) is 0 Å². The maximum absolute atomic E-state index is 5.72. The minimum Gasteiger partial charge on any atom is -0.396 e. The Morgan fingerprint density at radius 3 is 2.50 bits per heavy atom. The quantitative estimate of drug-likeness (QED) is 0.782. The van der Waals surface area contributed by atoms with E-state index >= 15 is 0 Å². The van der Waals surface area contributed by atoms with Crippen molar-refractivity contribution in [3.8, 4) is 0 Å². The van der Waals surface area contributed by atoms with Gasteiger partial charge in [-0.15, -0.1) is 0 Å². The van der Waals surface area contributed by atoms with Gasteiger partial charge in [0.1, 0.15) is 0 Å². The Morgan fingerprint density at radius 2 is 2.00 bits per heavy atom. The number of nitrogens with zero attached hydrogens (tertiary/aromatic N) is 2. The summed E-state index contributed by atoms with van der Waals surface area (Å²) in [6.07, 6.45) is 3.69. The van der Waals surface area contributed by atoms with Gasteiger partial charge in [-0.25, -0.2) is 9.97 Å². The fourth-order valence-corrected chi connectivity index (χ4v) is 1.50. The minimum absolute atomic E-state index is 0.193. The van der Waals surface area contributed by atoms with Gasteiger partial charge >= 0.3 is 0 Å². The first-order valence-corrected chi connectivity index (χ1v) is 5.31. The Labute approximate surface area is 96.6 Å². The van der Waals surface area contributed by atoms with Crippen LogP contribution in [-0.2, 0) is 3.79 Å². The van der Waals surface area contributed by atoms with E-state index in [9.17, 15) is 0 Å². The van der Waals surface area contributed by atoms with Gasteiger partial charge in [0.25, 0.3) is 0 Å². The van der Waals surface area contributed by atoms with Crippen LogP contribution in [0.15, 0.2) is 6.20 Å². The van der Waals surface area contributed by atoms with Crippen molar-refractivity contribution in [3.05, 3.63) is 17.7 Å². The largest absolute Gasteiger partial charge is 0.396 e. The van der Waals surface area contributed by atoms with Crippen molar-refractivity contribution < 1.29 is 0 Å². The van der Waals surface area contributed by atoms with Crippen LogP contribution in [-0.4, -0.2) is 9.97 Å². The molecule has 1 saturated carbocycles. The van der Waals surface area contributed by atoms with Crippen molar-refractivity contribution in [1.29, 1.82) is 0 Å². The summed E-state index contributed by atoms with van der Waals surface area (Å²) in [5, 5.41) is 0. The fourth-order valence-electron chi connectivity index (χ4n) is 1.22. The van der Waals surface area contributed by atoms with E-state index in [0.717, 1.165) is 18.5 Å². The van der Waals surface area contributed by atoms with Crippen LogP contribution >= 0.6 is 34.8 Å². The molecule has 0 bridgehead atoms. The summed E-state index contributed by atoms with van der Waals surface area (Å²) < 4.78 is -1.57. The first-order chi connectivity index (χ1) is 6.48. The number of hydrogen-bond acceptors (Lipinski definition) is 3. The molecule has 0 aromatic carbocycles. The second-order valence-corrected chi connectivity index (χ2v) is 5.59. The standard InChI is InChI=1S/C8H8Cl3N3/c9-8(10,11)7-13-3-5(12)6(14-7)4-1-2-4/h3-4H,1-2,12H2. The predicted molar refractivity (Wildman–Crippen MR) is 57.7 cm³/mol. The van der Waals surface area contributed by atoms with E-state index in [4.69, 9.17) is 40.5 Å². The highest BCUT2D eigenvalue weighted by molar-refractivity contribution is 6.66. The van der Waals surface area contributed by atoms with Crippen LogP contribution in [0, 0.1) is 0 Å². The number of nitrogens with two attached hydrogens (primary N) is 1. The molecule has 0 saturated heterocycles. The molecule has 0 spiro atoms. The predicted octanol–water partition coefficient (Wildman–Crippen LogP) is 2.76. The molecule has 1 aliphatic rings. The average molecular weight is 253 g/mol. The van der Waals surface area contributed by atoms with Crippen LogP contribution in [0.4, 0.5) is 5.69 Å². The lowest BCUT2D eigenvalue weighted by atomic mass is 10.2. The average Bonchev–Trinajstić information content (AvgIpc) is 2.85.